The largest absolute Gasteiger partial charge is 0.184 e. The average molecular weight is 480 g/mol. The summed E-state index contributed by atoms with van der Waals surface area (Å²) in [7, 11) is 0. The molecule has 0 aliphatic heterocycles. The SMILES string of the molecule is CC(C)(C)OC(=O)N([C](=[Pd])Nc1ccccc1)c1ccccc1.[c-]1ccccc1. The van der Waals surface area contributed by atoms with Gasteiger partial charge < -0.3 is 0 Å². The molecule has 0 aliphatic rings. The van der Waals surface area contributed by atoms with Crippen LogP contribution >= 0.6 is 0 Å². The van der Waals surface area contributed by atoms with Gasteiger partial charge in [0.25, 0.3) is 0 Å². The Bertz CT molecular complexity index is 852. The van der Waals surface area contributed by atoms with Crippen LogP contribution in [0.25, 0.3) is 0 Å². The molecule has 4 nitrogen and oxygen atoms in total. The zero-order chi connectivity index (χ0) is 21.1. The molecule has 0 saturated heterocycles. The Morgan fingerprint density at radius 2 is 1.41 bits per heavy atom. The number of anilines is 2. The van der Waals surface area contributed by atoms with Gasteiger partial charge in [-0.15, -0.1) is 0 Å². The van der Waals surface area contributed by atoms with Gasteiger partial charge in [-0.3, -0.25) is 0 Å². The number of hydrogen-bond donors (Lipinski definition) is 1. The van der Waals surface area contributed by atoms with Crippen LogP contribution in [-0.2, 0) is 23.5 Å². The summed E-state index contributed by atoms with van der Waals surface area (Å²) in [6.45, 7) is 5.53. The molecule has 1 amide bonds. The number of hydrogen-bond acceptors (Lipinski definition) is 3. The van der Waals surface area contributed by atoms with Crippen molar-refractivity contribution in [3.05, 3.63) is 97.1 Å². The first-order valence-corrected chi connectivity index (χ1v) is 9.95. The fourth-order valence-electron chi connectivity index (χ4n) is 2.20. The van der Waals surface area contributed by atoms with Crippen molar-refractivity contribution in [3.63, 3.8) is 0 Å². The second kappa shape index (κ2) is 11.3. The molecule has 0 aliphatic carbocycles. The Morgan fingerprint density at radius 3 is 1.86 bits per heavy atom. The standard InChI is InChI=1S/C18H20N2O2.C6H5.Pd/c1-18(2,3)22-17(21)20(16-12-8-5-9-13-16)14-19-15-10-6-4-7-11-15;1-2-4-6-5-3-1;/h4-13,19H,1-3H3;1-5H;/q;-1;. The van der Waals surface area contributed by atoms with Gasteiger partial charge in [0.15, 0.2) is 0 Å². The summed E-state index contributed by atoms with van der Waals surface area (Å²) >= 11 is 3.14. The van der Waals surface area contributed by atoms with Gasteiger partial charge in [0.1, 0.15) is 0 Å². The first-order valence-electron chi connectivity index (χ1n) is 9.17. The molecule has 0 spiro atoms. The van der Waals surface area contributed by atoms with Gasteiger partial charge in [-0.05, 0) is 0 Å². The molecular formula is C24H25N2O2Pd-. The number of rotatable bonds is 4. The van der Waals surface area contributed by atoms with Crippen molar-refractivity contribution in [1.82, 2.24) is 0 Å². The predicted octanol–water partition coefficient (Wildman–Crippen LogP) is 5.66. The third kappa shape index (κ3) is 8.43. The summed E-state index contributed by atoms with van der Waals surface area (Å²) in [5, 5.41) is 3.18. The Kier molecular flexibility index (Phi) is 8.79. The smallest absolute Gasteiger partial charge is 0.171 e. The molecule has 5 heteroatoms. The number of benzene rings is 3. The van der Waals surface area contributed by atoms with Crippen molar-refractivity contribution < 1.29 is 28.3 Å². The van der Waals surface area contributed by atoms with Crippen molar-refractivity contribution in [1.29, 1.82) is 0 Å². The molecule has 0 unspecified atom stereocenters. The van der Waals surface area contributed by atoms with Gasteiger partial charge in [-0.1, -0.05) is 0 Å². The molecule has 3 rings (SSSR count). The van der Waals surface area contributed by atoms with Crippen molar-refractivity contribution in [2.75, 3.05) is 10.2 Å². The Labute approximate surface area is 183 Å². The van der Waals surface area contributed by atoms with Crippen LogP contribution in [0.4, 0.5) is 16.2 Å². The minimum Gasteiger partial charge on any atom is -0.184 e. The fraction of sp³-hybridized carbons (Fsp3) is 0.167. The van der Waals surface area contributed by atoms with Crippen LogP contribution in [0.2, 0.25) is 0 Å². The summed E-state index contributed by atoms with van der Waals surface area (Å²) in [5.74, 6) is 0. The van der Waals surface area contributed by atoms with Crippen molar-refractivity contribution in [2.24, 2.45) is 0 Å². The molecule has 0 aromatic heterocycles. The van der Waals surface area contributed by atoms with Gasteiger partial charge in [0.2, 0.25) is 0 Å². The summed E-state index contributed by atoms with van der Waals surface area (Å²) in [5.41, 5.74) is 1.01. The third-order valence-corrected chi connectivity index (χ3v) is 3.94. The maximum atomic E-state index is 12.6. The van der Waals surface area contributed by atoms with Gasteiger partial charge in [-0.25, -0.2) is 0 Å². The van der Waals surface area contributed by atoms with Crippen LogP contribution in [0.15, 0.2) is 91.0 Å². The molecule has 3 aromatic rings. The summed E-state index contributed by atoms with van der Waals surface area (Å²) < 4.78 is 6.04. The van der Waals surface area contributed by atoms with E-state index in [4.69, 9.17) is 4.74 Å². The second-order valence-corrected chi connectivity index (χ2v) is 7.72. The first-order chi connectivity index (χ1) is 13.9. The minimum atomic E-state index is -0.575. The van der Waals surface area contributed by atoms with Crippen LogP contribution in [0.3, 0.4) is 0 Å². The van der Waals surface area contributed by atoms with E-state index in [1.165, 1.54) is 4.90 Å². The number of carbonyl (C=O) groups excluding carboxylic acids is 1. The molecule has 3 aromatic carbocycles. The molecule has 0 radical (unpaired) electrons. The van der Waals surface area contributed by atoms with E-state index in [0.29, 0.717) is 9.92 Å². The Morgan fingerprint density at radius 1 is 0.897 bits per heavy atom. The van der Waals surface area contributed by atoms with Gasteiger partial charge in [-0.2, -0.15) is 36.4 Å². The van der Waals surface area contributed by atoms with Gasteiger partial charge in [0, 0.05) is 0 Å². The normalized spacial score (nSPS) is 10.2. The first kappa shape index (κ1) is 22.6. The zero-order valence-electron chi connectivity index (χ0n) is 16.7. The van der Waals surface area contributed by atoms with Crippen LogP contribution in [0.1, 0.15) is 20.8 Å². The maximum Gasteiger partial charge on any atom is -0.171 e. The third-order valence-electron chi connectivity index (χ3n) is 3.39. The molecule has 1 N–H and O–H groups in total. The molecule has 154 valence electrons. The number of amides is 1. The number of nitrogens with one attached hydrogen (secondary N) is 1. The average Bonchev–Trinajstić information content (AvgIpc) is 2.70. The zero-order valence-corrected chi connectivity index (χ0v) is 18.3. The monoisotopic (exact) mass is 479 g/mol. The van der Waals surface area contributed by atoms with Crippen LogP contribution in [0, 0.1) is 6.07 Å². The Hall–Kier alpha value is -2.74. The molecule has 0 atom stereocenters. The molecule has 0 fully saturated rings. The van der Waals surface area contributed by atoms with Crippen LogP contribution in [0.5, 0.6) is 0 Å². The fourth-order valence-corrected chi connectivity index (χ4v) is 2.77. The summed E-state index contributed by atoms with van der Waals surface area (Å²) in [4.78, 5) is 14.1. The van der Waals surface area contributed by atoms with Gasteiger partial charge >= 0.3 is 147 Å². The summed E-state index contributed by atoms with van der Waals surface area (Å²) in [6.07, 6.45) is -0.450. The van der Waals surface area contributed by atoms with E-state index in [1.807, 2.05) is 112 Å². The summed E-state index contributed by atoms with van der Waals surface area (Å²) in [6, 6.07) is 31.5. The van der Waals surface area contributed by atoms with Crippen LogP contribution in [-0.4, -0.2) is 15.9 Å². The molecule has 0 heterocycles. The number of carbonyl (C=O) groups is 1. The molecule has 29 heavy (non-hydrogen) atoms. The number of para-hydroxylation sites is 2. The van der Waals surface area contributed by atoms with E-state index in [0.717, 1.165) is 5.69 Å². The Balaban J connectivity index is 0.000000426. The number of ether oxygens (including phenoxy) is 1. The quantitative estimate of drug-likeness (QED) is 0.388. The molecule has 0 saturated carbocycles. The van der Waals surface area contributed by atoms with E-state index < -0.39 is 11.7 Å². The van der Waals surface area contributed by atoms with E-state index in [-0.39, 0.29) is 0 Å². The predicted molar refractivity (Wildman–Crippen MR) is 116 cm³/mol. The van der Waals surface area contributed by atoms with Crippen LogP contribution < -0.4 is 10.2 Å². The molecule has 0 bridgehead atoms. The van der Waals surface area contributed by atoms with Crippen molar-refractivity contribution in [3.8, 4) is 0 Å². The topological polar surface area (TPSA) is 41.6 Å². The van der Waals surface area contributed by atoms with E-state index in [9.17, 15) is 4.79 Å². The van der Waals surface area contributed by atoms with Gasteiger partial charge in [0.05, 0.1) is 0 Å². The minimum absolute atomic E-state index is 0.450. The van der Waals surface area contributed by atoms with E-state index in [1.54, 1.807) is 0 Å². The van der Waals surface area contributed by atoms with Crippen molar-refractivity contribution in [2.45, 2.75) is 26.4 Å². The second-order valence-electron chi connectivity index (χ2n) is 6.98. The number of nitrogens with zero attached hydrogens (tertiary/aromatic N) is 1. The maximum absolute atomic E-state index is 12.6. The van der Waals surface area contributed by atoms with E-state index >= 15 is 0 Å². The molecular weight excluding hydrogens is 455 g/mol. The van der Waals surface area contributed by atoms with Crippen molar-refractivity contribution >= 4 is 21.7 Å². The van der Waals surface area contributed by atoms with E-state index in [2.05, 4.69) is 30.1 Å².